The molecule has 1 amide bonds. The molecule has 0 spiro atoms. The van der Waals surface area contributed by atoms with Gasteiger partial charge in [0.05, 0.1) is 20.3 Å². The summed E-state index contributed by atoms with van der Waals surface area (Å²) in [5, 5.41) is 11.7. The highest BCUT2D eigenvalue weighted by molar-refractivity contribution is 5.73. The Morgan fingerprint density at radius 2 is 1.88 bits per heavy atom. The largest absolute Gasteiger partial charge is 0.493 e. The third-order valence-corrected chi connectivity index (χ3v) is 7.67. The van der Waals surface area contributed by atoms with Gasteiger partial charge in [-0.25, -0.2) is 4.98 Å². The van der Waals surface area contributed by atoms with Gasteiger partial charge in [0.15, 0.2) is 11.5 Å². The van der Waals surface area contributed by atoms with Crippen molar-refractivity contribution < 1.29 is 24.1 Å². The van der Waals surface area contributed by atoms with Crippen molar-refractivity contribution in [2.45, 2.75) is 59.2 Å². The van der Waals surface area contributed by atoms with E-state index in [0.717, 1.165) is 36.3 Å². The van der Waals surface area contributed by atoms with Gasteiger partial charge in [-0.05, 0) is 61.2 Å². The summed E-state index contributed by atoms with van der Waals surface area (Å²) in [6, 6.07) is 11.9. The third kappa shape index (κ3) is 8.24. The molecule has 0 aliphatic carbocycles. The Balaban J connectivity index is 1.39. The molecule has 1 aliphatic rings. The van der Waals surface area contributed by atoms with Gasteiger partial charge in [0.2, 0.25) is 5.91 Å². The lowest BCUT2D eigenvalue weighted by Crippen LogP contribution is -2.51. The van der Waals surface area contributed by atoms with Crippen LogP contribution >= 0.6 is 0 Å². The molecule has 0 unspecified atom stereocenters. The average Bonchev–Trinajstić information content (AvgIpc) is 3.34. The molecule has 1 aliphatic heterocycles. The van der Waals surface area contributed by atoms with Crippen LogP contribution in [0, 0.1) is 13.8 Å². The number of methoxy groups -OCH3 is 1. The summed E-state index contributed by atoms with van der Waals surface area (Å²) in [6.45, 7) is 11.6. The number of benzene rings is 2. The molecule has 9 heteroatoms. The SMILES string of the molecule is CCc1nccn1CCCOc1ccc(CN2CCN(C(C)=O)C[C@](O)(COc3ccc(C)c(C)c3)C2)cc1OC. The molecular formula is C32H44N4O5. The number of imidazole rings is 1. The van der Waals surface area contributed by atoms with E-state index in [-0.39, 0.29) is 19.1 Å². The number of hydrogen-bond donors (Lipinski definition) is 1. The second-order valence-corrected chi connectivity index (χ2v) is 11.0. The van der Waals surface area contributed by atoms with E-state index in [2.05, 4.69) is 28.3 Å². The van der Waals surface area contributed by atoms with Crippen molar-refractivity contribution in [2.24, 2.45) is 0 Å². The number of aromatic nitrogens is 2. The molecule has 0 bridgehead atoms. The maximum atomic E-state index is 12.3. The van der Waals surface area contributed by atoms with Gasteiger partial charge >= 0.3 is 0 Å². The zero-order chi connectivity index (χ0) is 29.4. The summed E-state index contributed by atoms with van der Waals surface area (Å²) in [7, 11) is 1.64. The molecule has 0 saturated carbocycles. The molecule has 1 N–H and O–H groups in total. The smallest absolute Gasteiger partial charge is 0.219 e. The van der Waals surface area contributed by atoms with E-state index in [4.69, 9.17) is 14.2 Å². The van der Waals surface area contributed by atoms with Crippen LogP contribution < -0.4 is 14.2 Å². The lowest BCUT2D eigenvalue weighted by molar-refractivity contribution is -0.132. The van der Waals surface area contributed by atoms with Crippen LogP contribution in [0.2, 0.25) is 0 Å². The molecule has 3 aromatic rings. The first-order valence-corrected chi connectivity index (χ1v) is 14.4. The molecule has 1 aromatic heterocycles. The lowest BCUT2D eigenvalue weighted by atomic mass is 10.0. The molecule has 2 aromatic carbocycles. The highest BCUT2D eigenvalue weighted by Gasteiger charge is 2.37. The zero-order valence-corrected chi connectivity index (χ0v) is 25.1. The number of ether oxygens (including phenoxy) is 3. The summed E-state index contributed by atoms with van der Waals surface area (Å²) in [5.41, 5.74) is 2.13. The highest BCUT2D eigenvalue weighted by atomic mass is 16.5. The van der Waals surface area contributed by atoms with E-state index in [1.807, 2.05) is 55.7 Å². The van der Waals surface area contributed by atoms with Crippen molar-refractivity contribution in [3.63, 3.8) is 0 Å². The Bertz CT molecular complexity index is 1310. The number of carbonyl (C=O) groups is 1. The fourth-order valence-corrected chi connectivity index (χ4v) is 5.22. The van der Waals surface area contributed by atoms with E-state index in [0.29, 0.717) is 50.0 Å². The second kappa shape index (κ2) is 13.9. The predicted octanol–water partition coefficient (Wildman–Crippen LogP) is 4.01. The molecule has 1 atom stereocenters. The van der Waals surface area contributed by atoms with Crippen molar-refractivity contribution in [1.29, 1.82) is 0 Å². The third-order valence-electron chi connectivity index (χ3n) is 7.67. The Morgan fingerprint density at radius 3 is 2.61 bits per heavy atom. The van der Waals surface area contributed by atoms with Gasteiger partial charge in [0.25, 0.3) is 0 Å². The Kier molecular flexibility index (Phi) is 10.3. The number of rotatable bonds is 12. The quantitative estimate of drug-likeness (QED) is 0.333. The van der Waals surface area contributed by atoms with Crippen LogP contribution in [-0.4, -0.2) is 82.5 Å². The van der Waals surface area contributed by atoms with Gasteiger partial charge in [-0.1, -0.05) is 19.1 Å². The molecular weight excluding hydrogens is 520 g/mol. The van der Waals surface area contributed by atoms with Crippen molar-refractivity contribution in [2.75, 3.05) is 46.5 Å². The van der Waals surface area contributed by atoms with E-state index < -0.39 is 5.60 Å². The summed E-state index contributed by atoms with van der Waals surface area (Å²) in [4.78, 5) is 20.5. The lowest BCUT2D eigenvalue weighted by Gasteiger charge is -2.33. The van der Waals surface area contributed by atoms with Gasteiger partial charge < -0.3 is 28.8 Å². The minimum absolute atomic E-state index is 0.0569. The molecule has 41 heavy (non-hydrogen) atoms. The Hall–Kier alpha value is -3.56. The van der Waals surface area contributed by atoms with E-state index in [1.165, 1.54) is 5.56 Å². The fourth-order valence-electron chi connectivity index (χ4n) is 5.22. The minimum atomic E-state index is -1.22. The highest BCUT2D eigenvalue weighted by Crippen LogP contribution is 2.29. The van der Waals surface area contributed by atoms with Crippen LogP contribution in [0.5, 0.6) is 17.2 Å². The van der Waals surface area contributed by atoms with Gasteiger partial charge in [-0.15, -0.1) is 0 Å². The van der Waals surface area contributed by atoms with Crippen LogP contribution in [0.15, 0.2) is 48.8 Å². The van der Waals surface area contributed by atoms with Gasteiger partial charge in [0, 0.05) is 58.5 Å². The van der Waals surface area contributed by atoms with Crippen molar-refractivity contribution in [3.05, 3.63) is 71.3 Å². The first-order valence-electron chi connectivity index (χ1n) is 14.4. The molecule has 1 saturated heterocycles. The Labute approximate surface area is 243 Å². The maximum Gasteiger partial charge on any atom is 0.219 e. The van der Waals surface area contributed by atoms with Gasteiger partial charge in [-0.3, -0.25) is 9.69 Å². The van der Waals surface area contributed by atoms with Gasteiger partial charge in [0.1, 0.15) is 23.8 Å². The number of aliphatic hydroxyl groups is 1. The molecule has 0 radical (unpaired) electrons. The van der Waals surface area contributed by atoms with Crippen LogP contribution in [0.25, 0.3) is 0 Å². The van der Waals surface area contributed by atoms with Crippen molar-refractivity contribution >= 4 is 5.91 Å². The van der Waals surface area contributed by atoms with Crippen molar-refractivity contribution in [3.8, 4) is 17.2 Å². The number of carbonyl (C=O) groups excluding carboxylic acids is 1. The normalized spacial score (nSPS) is 17.8. The van der Waals surface area contributed by atoms with Crippen molar-refractivity contribution in [1.82, 2.24) is 19.4 Å². The number of aryl methyl sites for hydroxylation is 4. The number of nitrogens with zero attached hydrogens (tertiary/aromatic N) is 4. The summed E-state index contributed by atoms with van der Waals surface area (Å²) < 4.78 is 19.9. The zero-order valence-electron chi connectivity index (χ0n) is 25.1. The molecule has 9 nitrogen and oxygen atoms in total. The predicted molar refractivity (Wildman–Crippen MR) is 159 cm³/mol. The van der Waals surface area contributed by atoms with Crippen LogP contribution in [0.1, 0.15) is 42.8 Å². The minimum Gasteiger partial charge on any atom is -0.493 e. The number of amides is 1. The van der Waals surface area contributed by atoms with Gasteiger partial charge in [-0.2, -0.15) is 0 Å². The first kappa shape index (κ1) is 30.4. The molecule has 4 rings (SSSR count). The van der Waals surface area contributed by atoms with E-state index in [1.54, 1.807) is 18.9 Å². The maximum absolute atomic E-state index is 12.3. The standard InChI is InChI=1S/C32H44N4O5/c1-6-31-33-12-14-35(31)13-7-17-40-29-11-9-27(19-30(29)39-5)20-34-15-16-36(26(4)37)22-32(38,21-34)23-41-28-10-8-24(2)25(3)18-28/h8-12,14,18-19,38H,6-7,13,15-17,20-23H2,1-5H3/t32-/m0/s1. The fraction of sp³-hybridized carbons (Fsp3) is 0.500. The van der Waals surface area contributed by atoms with Crippen LogP contribution in [0.4, 0.5) is 0 Å². The van der Waals surface area contributed by atoms with E-state index >= 15 is 0 Å². The first-order chi connectivity index (χ1) is 19.7. The number of β-amino-alcohol motifs (C(OH)–C–C–N with tert-alkyl or cyclic N) is 1. The Morgan fingerprint density at radius 1 is 1.05 bits per heavy atom. The average molecular weight is 565 g/mol. The van der Waals surface area contributed by atoms with E-state index in [9.17, 15) is 9.90 Å². The molecule has 2 heterocycles. The monoisotopic (exact) mass is 564 g/mol. The summed E-state index contributed by atoms with van der Waals surface area (Å²) in [6.07, 6.45) is 5.60. The molecule has 222 valence electrons. The number of hydrogen-bond acceptors (Lipinski definition) is 7. The summed E-state index contributed by atoms with van der Waals surface area (Å²) in [5.74, 6) is 3.11. The molecule has 1 fully saturated rings. The second-order valence-electron chi connectivity index (χ2n) is 11.0. The van der Waals surface area contributed by atoms with Crippen LogP contribution in [0.3, 0.4) is 0 Å². The topological polar surface area (TPSA) is 89.3 Å². The summed E-state index contributed by atoms with van der Waals surface area (Å²) >= 11 is 0. The van der Waals surface area contributed by atoms with Crippen LogP contribution in [-0.2, 0) is 24.3 Å².